The Morgan fingerprint density at radius 3 is 2.96 bits per heavy atom. The Hall–Kier alpha value is -2.34. The van der Waals surface area contributed by atoms with Gasteiger partial charge in [0.05, 0.1) is 24.4 Å². The second kappa shape index (κ2) is 7.35. The summed E-state index contributed by atoms with van der Waals surface area (Å²) in [6, 6.07) is 7.93. The smallest absolute Gasteiger partial charge is 0.270 e. The Balaban J connectivity index is 1.57. The van der Waals surface area contributed by atoms with Crippen molar-refractivity contribution in [2.45, 2.75) is 51.2 Å². The van der Waals surface area contributed by atoms with Crippen LogP contribution in [0, 0.1) is 5.92 Å². The number of aliphatic hydroxyl groups is 1. The molecule has 1 aromatic heterocycles. The average Bonchev–Trinajstić information content (AvgIpc) is 3.23. The summed E-state index contributed by atoms with van der Waals surface area (Å²) in [7, 11) is 1.81. The van der Waals surface area contributed by atoms with Crippen LogP contribution in [0.4, 0.5) is 0 Å². The van der Waals surface area contributed by atoms with E-state index >= 15 is 0 Å². The molecule has 2 aromatic rings. The van der Waals surface area contributed by atoms with Crippen LogP contribution in [0.5, 0.6) is 5.75 Å². The van der Waals surface area contributed by atoms with E-state index in [0.29, 0.717) is 25.1 Å². The minimum Gasteiger partial charge on any atom is -0.493 e. The molecule has 6 nitrogen and oxygen atoms in total. The first-order valence-corrected chi connectivity index (χ1v) is 9.82. The average molecular weight is 369 g/mol. The van der Waals surface area contributed by atoms with Crippen molar-refractivity contribution in [2.24, 2.45) is 13.0 Å². The van der Waals surface area contributed by atoms with Gasteiger partial charge in [0.15, 0.2) is 0 Å². The molecule has 1 aromatic carbocycles. The summed E-state index contributed by atoms with van der Waals surface area (Å²) >= 11 is 0. The van der Waals surface area contributed by atoms with Crippen LogP contribution in [-0.2, 0) is 19.9 Å². The molecule has 1 fully saturated rings. The van der Waals surface area contributed by atoms with Crippen LogP contribution in [0.25, 0.3) is 0 Å². The van der Waals surface area contributed by atoms with Crippen molar-refractivity contribution in [1.29, 1.82) is 0 Å². The number of aryl methyl sites for hydroxylation is 2. The maximum atomic E-state index is 13.0. The van der Waals surface area contributed by atoms with Gasteiger partial charge in [-0.15, -0.1) is 0 Å². The molecule has 4 rings (SSSR count). The molecule has 1 amide bonds. The molecule has 2 N–H and O–H groups in total. The lowest BCUT2D eigenvalue weighted by molar-refractivity contribution is 0.0234. The molecule has 27 heavy (non-hydrogen) atoms. The van der Waals surface area contributed by atoms with Gasteiger partial charge >= 0.3 is 0 Å². The van der Waals surface area contributed by atoms with Crippen LogP contribution in [-0.4, -0.2) is 33.5 Å². The third-order valence-electron chi connectivity index (χ3n) is 5.65. The van der Waals surface area contributed by atoms with Gasteiger partial charge in [0.2, 0.25) is 0 Å². The Labute approximate surface area is 159 Å². The number of hydrogen-bond donors (Lipinski definition) is 2. The standard InChI is InChI=1S/C21H27N3O3/c1-3-4-16-12-18(24(2)23-16)21(26)22-20(15-10-17(25)11-15)14-5-6-19-13(9-14)7-8-27-19/h5-6,9,12,15,17,20,25H,3-4,7-8,10-11H2,1-2H3,(H,22,26)/t15?,17?,20-/m1/s1. The van der Waals surface area contributed by atoms with Gasteiger partial charge in [-0.1, -0.05) is 19.4 Å². The van der Waals surface area contributed by atoms with Crippen molar-refractivity contribution in [2.75, 3.05) is 6.61 Å². The normalized spacial score (nSPS) is 21.9. The first kappa shape index (κ1) is 18.0. The third kappa shape index (κ3) is 3.58. The highest BCUT2D eigenvalue weighted by molar-refractivity contribution is 5.93. The molecule has 0 bridgehead atoms. The van der Waals surface area contributed by atoms with E-state index in [1.165, 1.54) is 5.56 Å². The fourth-order valence-corrected chi connectivity index (χ4v) is 4.11. The number of ether oxygens (including phenoxy) is 1. The molecule has 1 aliphatic heterocycles. The molecule has 1 aliphatic carbocycles. The fraction of sp³-hybridized carbons (Fsp3) is 0.524. The van der Waals surface area contributed by atoms with E-state index < -0.39 is 0 Å². The zero-order valence-electron chi connectivity index (χ0n) is 15.9. The van der Waals surface area contributed by atoms with Gasteiger partial charge in [0, 0.05) is 13.5 Å². The van der Waals surface area contributed by atoms with Crippen LogP contribution < -0.4 is 10.1 Å². The van der Waals surface area contributed by atoms with Crippen LogP contribution in [0.1, 0.15) is 59.5 Å². The summed E-state index contributed by atoms with van der Waals surface area (Å²) < 4.78 is 7.26. The quantitative estimate of drug-likeness (QED) is 0.820. The number of rotatable bonds is 6. The topological polar surface area (TPSA) is 76.4 Å². The largest absolute Gasteiger partial charge is 0.493 e. The van der Waals surface area contributed by atoms with Gasteiger partial charge < -0.3 is 15.2 Å². The number of carbonyl (C=O) groups is 1. The predicted octanol–water partition coefficient (Wildman–Crippen LogP) is 2.55. The second-order valence-electron chi connectivity index (χ2n) is 7.70. The van der Waals surface area contributed by atoms with Crippen LogP contribution >= 0.6 is 0 Å². The summed E-state index contributed by atoms with van der Waals surface area (Å²) in [6.07, 6.45) is 3.93. The molecule has 1 saturated carbocycles. The van der Waals surface area contributed by atoms with Crippen molar-refractivity contribution in [3.63, 3.8) is 0 Å². The van der Waals surface area contributed by atoms with Gasteiger partial charge in [-0.2, -0.15) is 5.10 Å². The van der Waals surface area contributed by atoms with E-state index in [4.69, 9.17) is 4.74 Å². The van der Waals surface area contributed by atoms with E-state index in [1.54, 1.807) is 4.68 Å². The number of aliphatic hydroxyl groups excluding tert-OH is 1. The number of nitrogens with zero attached hydrogens (tertiary/aromatic N) is 2. The summed E-state index contributed by atoms with van der Waals surface area (Å²) in [5.41, 5.74) is 3.79. The van der Waals surface area contributed by atoms with Crippen LogP contribution in [0.3, 0.4) is 0 Å². The van der Waals surface area contributed by atoms with Gasteiger partial charge in [-0.05, 0) is 54.5 Å². The van der Waals surface area contributed by atoms with Crippen molar-refractivity contribution < 1.29 is 14.6 Å². The summed E-state index contributed by atoms with van der Waals surface area (Å²) in [5.74, 6) is 1.07. The highest BCUT2D eigenvalue weighted by atomic mass is 16.5. The SMILES string of the molecule is CCCc1cc(C(=O)N[C@H](c2ccc3c(c2)CCO3)C2CC(O)C2)n(C)n1. The van der Waals surface area contributed by atoms with Crippen LogP contribution in [0.2, 0.25) is 0 Å². The number of aromatic nitrogens is 2. The molecule has 0 saturated heterocycles. The van der Waals surface area contributed by atoms with E-state index in [-0.39, 0.29) is 24.0 Å². The lowest BCUT2D eigenvalue weighted by Crippen LogP contribution is -2.41. The maximum Gasteiger partial charge on any atom is 0.270 e. The predicted molar refractivity (Wildman–Crippen MR) is 102 cm³/mol. The van der Waals surface area contributed by atoms with Gasteiger partial charge in [-0.3, -0.25) is 9.48 Å². The monoisotopic (exact) mass is 369 g/mol. The number of nitrogens with one attached hydrogen (secondary N) is 1. The molecule has 0 spiro atoms. The van der Waals surface area contributed by atoms with Gasteiger partial charge in [-0.25, -0.2) is 0 Å². The van der Waals surface area contributed by atoms with Gasteiger partial charge in [0.25, 0.3) is 5.91 Å². The second-order valence-corrected chi connectivity index (χ2v) is 7.70. The van der Waals surface area contributed by atoms with E-state index in [2.05, 4.69) is 23.4 Å². The molecule has 2 heterocycles. The van der Waals surface area contributed by atoms with Gasteiger partial charge in [0.1, 0.15) is 11.4 Å². The summed E-state index contributed by atoms with van der Waals surface area (Å²) in [4.78, 5) is 13.0. The van der Waals surface area contributed by atoms with E-state index in [9.17, 15) is 9.90 Å². The number of benzene rings is 1. The minimum absolute atomic E-state index is 0.115. The lowest BCUT2D eigenvalue weighted by Gasteiger charge is -2.38. The molecular weight excluding hydrogens is 342 g/mol. The molecular formula is C21H27N3O3. The summed E-state index contributed by atoms with van der Waals surface area (Å²) in [6.45, 7) is 2.82. The van der Waals surface area contributed by atoms with Crippen molar-refractivity contribution in [3.8, 4) is 5.75 Å². The first-order chi connectivity index (χ1) is 13.0. The highest BCUT2D eigenvalue weighted by Gasteiger charge is 2.36. The van der Waals surface area contributed by atoms with E-state index in [0.717, 1.165) is 36.3 Å². The molecule has 1 atom stereocenters. The van der Waals surface area contributed by atoms with Crippen LogP contribution in [0.15, 0.2) is 24.3 Å². The highest BCUT2D eigenvalue weighted by Crippen LogP contribution is 2.40. The third-order valence-corrected chi connectivity index (χ3v) is 5.65. The Kier molecular flexibility index (Phi) is 4.91. The maximum absolute atomic E-state index is 13.0. The first-order valence-electron chi connectivity index (χ1n) is 9.82. The number of fused-ring (bicyclic) bond motifs is 1. The zero-order valence-corrected chi connectivity index (χ0v) is 15.9. The summed E-state index contributed by atoms with van der Waals surface area (Å²) in [5, 5.41) is 17.4. The Morgan fingerprint density at radius 1 is 1.41 bits per heavy atom. The fourth-order valence-electron chi connectivity index (χ4n) is 4.11. The molecule has 2 aliphatic rings. The Bertz CT molecular complexity index is 839. The molecule has 144 valence electrons. The minimum atomic E-state index is -0.264. The van der Waals surface area contributed by atoms with Crippen molar-refractivity contribution in [1.82, 2.24) is 15.1 Å². The van der Waals surface area contributed by atoms with Crippen molar-refractivity contribution >= 4 is 5.91 Å². The number of amides is 1. The van der Waals surface area contributed by atoms with E-state index in [1.807, 2.05) is 25.2 Å². The lowest BCUT2D eigenvalue weighted by atomic mass is 9.74. The molecule has 6 heteroatoms. The molecule has 0 radical (unpaired) electrons. The zero-order chi connectivity index (χ0) is 19.0. The number of hydrogen-bond acceptors (Lipinski definition) is 4. The number of carbonyl (C=O) groups excluding carboxylic acids is 1. The Morgan fingerprint density at radius 2 is 2.22 bits per heavy atom. The van der Waals surface area contributed by atoms with Crippen molar-refractivity contribution in [3.05, 3.63) is 46.8 Å². The molecule has 0 unspecified atom stereocenters.